The summed E-state index contributed by atoms with van der Waals surface area (Å²) in [4.78, 5) is 13.1. The second-order valence-corrected chi connectivity index (χ2v) is 4.06. The van der Waals surface area contributed by atoms with Gasteiger partial charge in [0, 0.05) is 19.6 Å². The van der Waals surface area contributed by atoms with Crippen molar-refractivity contribution in [1.82, 2.24) is 10.2 Å². The van der Waals surface area contributed by atoms with Gasteiger partial charge in [0.1, 0.15) is 17.9 Å². The van der Waals surface area contributed by atoms with Crippen LogP contribution in [0.4, 0.5) is 0 Å². The molecule has 0 amide bonds. The van der Waals surface area contributed by atoms with Gasteiger partial charge in [0.15, 0.2) is 0 Å². The molecule has 0 saturated heterocycles. The number of para-hydroxylation sites is 1. The van der Waals surface area contributed by atoms with Gasteiger partial charge in [-0.3, -0.25) is 0 Å². The molecule has 0 aliphatic heterocycles. The zero-order valence-electron chi connectivity index (χ0n) is 10.8. The first-order chi connectivity index (χ1) is 8.65. The fourth-order valence-electron chi connectivity index (χ4n) is 1.50. The minimum Gasteiger partial charge on any atom is -0.491 e. The Morgan fingerprint density at radius 2 is 2.11 bits per heavy atom. The molecule has 0 heterocycles. The number of nitrogens with zero attached hydrogens (tertiary/aromatic N) is 1. The third-order valence-corrected chi connectivity index (χ3v) is 2.59. The predicted molar refractivity (Wildman–Crippen MR) is 70.3 cm³/mol. The van der Waals surface area contributed by atoms with Crippen molar-refractivity contribution in [2.45, 2.75) is 0 Å². The van der Waals surface area contributed by atoms with Crippen molar-refractivity contribution in [3.63, 3.8) is 0 Å². The summed E-state index contributed by atoms with van der Waals surface area (Å²) in [6, 6.07) is 6.68. The second kappa shape index (κ2) is 7.68. The number of likely N-dealkylation sites (N-methyl/N-ethyl adjacent to an activating group) is 2. The predicted octanol–water partition coefficient (Wildman–Crippen LogP) is 0.915. The summed E-state index contributed by atoms with van der Waals surface area (Å²) in [5.74, 6) is -0.541. The standard InChI is InChI=1S/C13H20N2O3/c1-14-7-8-15(2)9-10-18-12-6-4-3-5-11(12)13(16)17/h3-6,14H,7-10H2,1-2H3,(H,16,17). The van der Waals surface area contributed by atoms with E-state index in [4.69, 9.17) is 9.84 Å². The number of benzene rings is 1. The third kappa shape index (κ3) is 4.73. The average molecular weight is 252 g/mol. The molecule has 5 heteroatoms. The Bertz CT molecular complexity index is 382. The first kappa shape index (κ1) is 14.5. The maximum atomic E-state index is 11.0. The SMILES string of the molecule is CNCCN(C)CCOc1ccccc1C(=O)O. The first-order valence-electron chi connectivity index (χ1n) is 5.93. The van der Waals surface area contributed by atoms with Crippen molar-refractivity contribution in [3.05, 3.63) is 29.8 Å². The smallest absolute Gasteiger partial charge is 0.339 e. The lowest BCUT2D eigenvalue weighted by atomic mass is 10.2. The van der Waals surface area contributed by atoms with Crippen LogP contribution >= 0.6 is 0 Å². The van der Waals surface area contributed by atoms with Crippen molar-refractivity contribution in [1.29, 1.82) is 0 Å². The summed E-state index contributed by atoms with van der Waals surface area (Å²) in [5, 5.41) is 12.1. The van der Waals surface area contributed by atoms with Gasteiger partial charge in [-0.05, 0) is 26.2 Å². The number of rotatable bonds is 8. The van der Waals surface area contributed by atoms with Crippen LogP contribution in [0, 0.1) is 0 Å². The lowest BCUT2D eigenvalue weighted by Gasteiger charge is -2.17. The van der Waals surface area contributed by atoms with Crippen molar-refractivity contribution < 1.29 is 14.6 Å². The molecule has 1 rings (SSSR count). The number of carbonyl (C=O) groups is 1. The molecule has 0 fully saturated rings. The van der Waals surface area contributed by atoms with E-state index in [1.165, 1.54) is 0 Å². The fraction of sp³-hybridized carbons (Fsp3) is 0.462. The Morgan fingerprint density at radius 1 is 1.39 bits per heavy atom. The zero-order chi connectivity index (χ0) is 13.4. The Kier molecular flexibility index (Phi) is 6.18. The Balaban J connectivity index is 2.41. The van der Waals surface area contributed by atoms with Crippen LogP contribution in [0.15, 0.2) is 24.3 Å². The molecule has 1 aromatic carbocycles. The van der Waals surface area contributed by atoms with Gasteiger partial charge >= 0.3 is 5.97 Å². The molecule has 0 spiro atoms. The van der Waals surface area contributed by atoms with Crippen LogP contribution in [0.2, 0.25) is 0 Å². The number of ether oxygens (including phenoxy) is 1. The number of aromatic carboxylic acids is 1. The largest absolute Gasteiger partial charge is 0.491 e. The van der Waals surface area contributed by atoms with E-state index in [1.54, 1.807) is 24.3 Å². The molecule has 2 N–H and O–H groups in total. The maximum absolute atomic E-state index is 11.0. The van der Waals surface area contributed by atoms with E-state index in [0.717, 1.165) is 19.6 Å². The van der Waals surface area contributed by atoms with Crippen molar-refractivity contribution >= 4 is 5.97 Å². The number of nitrogens with one attached hydrogen (secondary N) is 1. The molecular weight excluding hydrogens is 232 g/mol. The number of carboxylic acid groups (broad SMARTS) is 1. The van der Waals surface area contributed by atoms with Crippen LogP contribution in [0.3, 0.4) is 0 Å². The van der Waals surface area contributed by atoms with Gasteiger partial charge in [0.2, 0.25) is 0 Å². The van der Waals surface area contributed by atoms with Crippen LogP contribution in [0.5, 0.6) is 5.75 Å². The van der Waals surface area contributed by atoms with E-state index in [1.807, 2.05) is 14.1 Å². The highest BCUT2D eigenvalue weighted by Gasteiger charge is 2.09. The minimum absolute atomic E-state index is 0.204. The van der Waals surface area contributed by atoms with Gasteiger partial charge in [-0.25, -0.2) is 4.79 Å². The number of carboxylic acids is 1. The van der Waals surface area contributed by atoms with Gasteiger partial charge in [-0.15, -0.1) is 0 Å². The molecule has 5 nitrogen and oxygen atoms in total. The molecule has 0 aliphatic rings. The Hall–Kier alpha value is -1.59. The van der Waals surface area contributed by atoms with E-state index < -0.39 is 5.97 Å². The molecule has 0 aromatic heterocycles. The van der Waals surface area contributed by atoms with Crippen molar-refractivity contribution in [3.8, 4) is 5.75 Å². The zero-order valence-corrected chi connectivity index (χ0v) is 10.8. The van der Waals surface area contributed by atoms with E-state index in [2.05, 4.69) is 10.2 Å². The summed E-state index contributed by atoms with van der Waals surface area (Å²) >= 11 is 0. The van der Waals surface area contributed by atoms with Crippen molar-refractivity contribution in [2.24, 2.45) is 0 Å². The summed E-state index contributed by atoms with van der Waals surface area (Å²) < 4.78 is 5.51. The molecule has 0 radical (unpaired) electrons. The highest BCUT2D eigenvalue weighted by molar-refractivity contribution is 5.90. The summed E-state index contributed by atoms with van der Waals surface area (Å²) in [6.45, 7) is 3.09. The molecule has 0 aliphatic carbocycles. The van der Waals surface area contributed by atoms with E-state index in [-0.39, 0.29) is 5.56 Å². The first-order valence-corrected chi connectivity index (χ1v) is 5.93. The van der Waals surface area contributed by atoms with Gasteiger partial charge in [0.05, 0.1) is 0 Å². The summed E-state index contributed by atoms with van der Waals surface area (Å²) in [6.07, 6.45) is 0. The molecule has 18 heavy (non-hydrogen) atoms. The minimum atomic E-state index is -0.964. The lowest BCUT2D eigenvalue weighted by molar-refractivity contribution is 0.0692. The van der Waals surface area contributed by atoms with Gasteiger partial charge < -0.3 is 20.1 Å². The number of hydrogen-bond donors (Lipinski definition) is 2. The maximum Gasteiger partial charge on any atom is 0.339 e. The van der Waals surface area contributed by atoms with Crippen LogP contribution in [-0.2, 0) is 0 Å². The van der Waals surface area contributed by atoms with Crippen LogP contribution in [0.1, 0.15) is 10.4 Å². The lowest BCUT2D eigenvalue weighted by Crippen LogP contribution is -2.30. The second-order valence-electron chi connectivity index (χ2n) is 4.06. The average Bonchev–Trinajstić information content (AvgIpc) is 2.36. The van der Waals surface area contributed by atoms with Gasteiger partial charge in [-0.1, -0.05) is 12.1 Å². The van der Waals surface area contributed by atoms with E-state index in [9.17, 15) is 4.79 Å². The normalized spacial score (nSPS) is 10.6. The molecule has 0 saturated carbocycles. The fourth-order valence-corrected chi connectivity index (χ4v) is 1.50. The quantitative estimate of drug-likeness (QED) is 0.720. The Morgan fingerprint density at radius 3 is 2.78 bits per heavy atom. The summed E-state index contributed by atoms with van der Waals surface area (Å²) in [7, 11) is 3.91. The van der Waals surface area contributed by atoms with Crippen LogP contribution in [0.25, 0.3) is 0 Å². The van der Waals surface area contributed by atoms with Gasteiger partial charge in [-0.2, -0.15) is 0 Å². The summed E-state index contributed by atoms with van der Waals surface area (Å²) in [5.41, 5.74) is 0.204. The van der Waals surface area contributed by atoms with E-state index >= 15 is 0 Å². The molecule has 1 aromatic rings. The monoisotopic (exact) mass is 252 g/mol. The molecule has 100 valence electrons. The molecule has 0 unspecified atom stereocenters. The van der Waals surface area contributed by atoms with Crippen molar-refractivity contribution in [2.75, 3.05) is 40.3 Å². The van der Waals surface area contributed by atoms with Gasteiger partial charge in [0.25, 0.3) is 0 Å². The van der Waals surface area contributed by atoms with Crippen LogP contribution < -0.4 is 10.1 Å². The highest BCUT2D eigenvalue weighted by Crippen LogP contribution is 2.17. The molecular formula is C13H20N2O3. The molecule has 0 atom stereocenters. The van der Waals surface area contributed by atoms with E-state index in [0.29, 0.717) is 12.4 Å². The number of hydrogen-bond acceptors (Lipinski definition) is 4. The highest BCUT2D eigenvalue weighted by atomic mass is 16.5. The Labute approximate surface area is 107 Å². The topological polar surface area (TPSA) is 61.8 Å². The third-order valence-electron chi connectivity index (χ3n) is 2.59. The van der Waals surface area contributed by atoms with Crippen LogP contribution in [-0.4, -0.2) is 56.3 Å². The molecule has 0 bridgehead atoms.